The summed E-state index contributed by atoms with van der Waals surface area (Å²) >= 11 is 0. The van der Waals surface area contributed by atoms with Crippen LogP contribution in [0.4, 0.5) is 0 Å². The topological polar surface area (TPSA) is 52.3 Å². The maximum Gasteiger partial charge on any atom is 0.338 e. The lowest BCUT2D eigenvalue weighted by Gasteiger charge is -2.01. The van der Waals surface area contributed by atoms with Crippen molar-refractivity contribution in [3.63, 3.8) is 0 Å². The molecule has 0 heterocycles. The summed E-state index contributed by atoms with van der Waals surface area (Å²) in [6, 6.07) is 11.9. The van der Waals surface area contributed by atoms with Crippen molar-refractivity contribution in [2.45, 2.75) is 19.3 Å². The number of carbonyl (C=O) groups is 1. The minimum absolute atomic E-state index is 0.277. The van der Waals surface area contributed by atoms with Crippen LogP contribution in [0.3, 0.4) is 0 Å². The summed E-state index contributed by atoms with van der Waals surface area (Å²) < 4.78 is 4.86. The van der Waals surface area contributed by atoms with Crippen molar-refractivity contribution in [1.82, 2.24) is 0 Å². The van der Waals surface area contributed by atoms with E-state index in [-0.39, 0.29) is 5.97 Å². The minimum Gasteiger partial charge on any atom is -0.465 e. The van der Waals surface area contributed by atoms with Crippen molar-refractivity contribution >= 4 is 5.97 Å². The number of hydrogen-bond donors (Lipinski definition) is 1. The molecule has 2 aliphatic rings. The lowest BCUT2D eigenvalue weighted by Crippen LogP contribution is -2.00. The number of esters is 1. The summed E-state index contributed by atoms with van der Waals surface area (Å²) in [5.74, 6) is -0.277. The van der Waals surface area contributed by atoms with Gasteiger partial charge in [-0.3, -0.25) is 0 Å². The van der Waals surface area contributed by atoms with Crippen molar-refractivity contribution in [1.29, 1.82) is 0 Å². The van der Waals surface area contributed by atoms with Gasteiger partial charge in [-0.2, -0.15) is 0 Å². The standard InChI is InChI=1S/C16H19NO2/c1-19-16(18)15-11-12(7-5-6-10-17)13-8-3-2-4-9-14(13)15/h2-4,8-9,11H,5-7,10,17H2,1H3. The van der Waals surface area contributed by atoms with Gasteiger partial charge in [0.15, 0.2) is 0 Å². The number of aryl methyl sites for hydroxylation is 1. The first-order valence-electron chi connectivity index (χ1n) is 6.57. The zero-order valence-electron chi connectivity index (χ0n) is 11.2. The van der Waals surface area contributed by atoms with Gasteiger partial charge in [0.05, 0.1) is 12.7 Å². The van der Waals surface area contributed by atoms with Crippen molar-refractivity contribution in [2.24, 2.45) is 5.73 Å². The van der Waals surface area contributed by atoms with Crippen LogP contribution in [0, 0.1) is 0 Å². The van der Waals surface area contributed by atoms with Gasteiger partial charge in [-0.15, -0.1) is 0 Å². The van der Waals surface area contributed by atoms with Crippen LogP contribution in [0.1, 0.15) is 28.8 Å². The summed E-state index contributed by atoms with van der Waals surface area (Å²) in [7, 11) is 1.41. The fourth-order valence-corrected chi connectivity index (χ4v) is 2.34. The third kappa shape index (κ3) is 2.93. The number of nitrogens with two attached hydrogens (primary N) is 1. The van der Waals surface area contributed by atoms with E-state index in [1.165, 1.54) is 12.7 Å². The molecule has 2 rings (SSSR count). The van der Waals surface area contributed by atoms with Crippen LogP contribution in [0.5, 0.6) is 0 Å². The fourth-order valence-electron chi connectivity index (χ4n) is 2.34. The van der Waals surface area contributed by atoms with Gasteiger partial charge in [0, 0.05) is 0 Å². The molecule has 0 radical (unpaired) electrons. The van der Waals surface area contributed by atoms with Crippen LogP contribution < -0.4 is 5.73 Å². The van der Waals surface area contributed by atoms with Gasteiger partial charge in [0.25, 0.3) is 0 Å². The van der Waals surface area contributed by atoms with E-state index in [4.69, 9.17) is 10.5 Å². The molecular formula is C16H19NO2. The van der Waals surface area contributed by atoms with Crippen LogP contribution in [-0.4, -0.2) is 19.6 Å². The number of carbonyl (C=O) groups excluding carboxylic acids is 1. The molecule has 3 heteroatoms. The molecule has 0 saturated carbocycles. The molecule has 0 aromatic carbocycles. The molecular weight excluding hydrogens is 238 g/mol. The fraction of sp³-hybridized carbons (Fsp3) is 0.312. The number of methoxy groups -OCH3 is 1. The third-order valence-electron chi connectivity index (χ3n) is 3.30. The van der Waals surface area contributed by atoms with E-state index < -0.39 is 0 Å². The molecule has 0 bridgehead atoms. The molecule has 0 fully saturated rings. The molecule has 3 nitrogen and oxygen atoms in total. The lowest BCUT2D eigenvalue weighted by atomic mass is 10.0. The van der Waals surface area contributed by atoms with Crippen molar-refractivity contribution < 1.29 is 9.53 Å². The molecule has 2 aliphatic carbocycles. The Bertz CT molecular complexity index is 536. The lowest BCUT2D eigenvalue weighted by molar-refractivity contribution is 0.0602. The van der Waals surface area contributed by atoms with Crippen LogP contribution in [0.25, 0.3) is 11.1 Å². The van der Waals surface area contributed by atoms with Crippen LogP contribution in [-0.2, 0) is 11.2 Å². The average molecular weight is 257 g/mol. The predicted octanol–water partition coefficient (Wildman–Crippen LogP) is 2.86. The van der Waals surface area contributed by atoms with E-state index in [9.17, 15) is 4.79 Å². The SMILES string of the molecule is COC(=O)c1cc(CCCCN)c2cccccc1-2. The van der Waals surface area contributed by atoms with Gasteiger partial charge >= 0.3 is 5.97 Å². The minimum atomic E-state index is -0.277. The Labute approximate surface area is 113 Å². The van der Waals surface area contributed by atoms with Gasteiger partial charge in [0.2, 0.25) is 0 Å². The Morgan fingerprint density at radius 3 is 2.58 bits per heavy atom. The number of ether oxygens (including phenoxy) is 1. The normalized spacial score (nSPS) is 10.6. The van der Waals surface area contributed by atoms with Gasteiger partial charge in [0.1, 0.15) is 0 Å². The van der Waals surface area contributed by atoms with E-state index in [1.54, 1.807) is 0 Å². The summed E-state index contributed by atoms with van der Waals surface area (Å²) in [6.07, 6.45) is 2.97. The zero-order chi connectivity index (χ0) is 13.7. The van der Waals surface area contributed by atoms with Gasteiger partial charge in [-0.1, -0.05) is 30.3 Å². The molecule has 0 aromatic heterocycles. The second-order valence-electron chi connectivity index (χ2n) is 4.56. The van der Waals surface area contributed by atoms with E-state index in [0.717, 1.165) is 30.4 Å². The summed E-state index contributed by atoms with van der Waals surface area (Å²) in [5, 5.41) is 0. The monoisotopic (exact) mass is 257 g/mol. The first-order chi connectivity index (χ1) is 9.27. The molecule has 0 atom stereocenters. The Morgan fingerprint density at radius 1 is 1.16 bits per heavy atom. The van der Waals surface area contributed by atoms with E-state index >= 15 is 0 Å². The highest BCUT2D eigenvalue weighted by atomic mass is 16.5. The van der Waals surface area contributed by atoms with Crippen LogP contribution in [0.15, 0.2) is 36.4 Å². The van der Waals surface area contributed by atoms with E-state index in [1.807, 2.05) is 30.3 Å². The first-order valence-corrected chi connectivity index (χ1v) is 6.57. The van der Waals surface area contributed by atoms with Crippen LogP contribution >= 0.6 is 0 Å². The molecule has 2 N–H and O–H groups in total. The molecule has 100 valence electrons. The van der Waals surface area contributed by atoms with Gasteiger partial charge in [-0.05, 0) is 48.6 Å². The summed E-state index contributed by atoms with van der Waals surface area (Å²) in [6.45, 7) is 0.705. The third-order valence-corrected chi connectivity index (χ3v) is 3.30. The molecule has 19 heavy (non-hydrogen) atoms. The van der Waals surface area contributed by atoms with E-state index in [2.05, 4.69) is 6.07 Å². The van der Waals surface area contributed by atoms with Crippen molar-refractivity contribution in [3.8, 4) is 11.1 Å². The zero-order valence-corrected chi connectivity index (χ0v) is 11.2. The maximum absolute atomic E-state index is 11.8. The van der Waals surface area contributed by atoms with Crippen molar-refractivity contribution in [2.75, 3.05) is 13.7 Å². The van der Waals surface area contributed by atoms with Crippen molar-refractivity contribution in [3.05, 3.63) is 47.5 Å². The molecule has 0 aliphatic heterocycles. The maximum atomic E-state index is 11.8. The molecule has 0 saturated heterocycles. The Balaban J connectivity index is 2.39. The highest BCUT2D eigenvalue weighted by molar-refractivity contribution is 6.00. The van der Waals surface area contributed by atoms with Gasteiger partial charge in [-0.25, -0.2) is 4.79 Å². The Morgan fingerprint density at radius 2 is 1.89 bits per heavy atom. The second-order valence-corrected chi connectivity index (χ2v) is 4.56. The molecule has 0 unspecified atom stereocenters. The number of rotatable bonds is 5. The Kier molecular flexibility index (Phi) is 4.53. The predicted molar refractivity (Wildman–Crippen MR) is 76.4 cm³/mol. The highest BCUT2D eigenvalue weighted by Crippen LogP contribution is 2.33. The highest BCUT2D eigenvalue weighted by Gasteiger charge is 2.19. The smallest absolute Gasteiger partial charge is 0.338 e. The second kappa shape index (κ2) is 6.34. The average Bonchev–Trinajstić information content (AvgIpc) is 2.62. The summed E-state index contributed by atoms with van der Waals surface area (Å²) in [4.78, 5) is 11.8. The molecule has 0 amide bonds. The Hall–Kier alpha value is -1.87. The molecule has 0 aromatic rings. The van der Waals surface area contributed by atoms with E-state index in [0.29, 0.717) is 12.1 Å². The number of hydrogen-bond acceptors (Lipinski definition) is 3. The van der Waals surface area contributed by atoms with Gasteiger partial charge < -0.3 is 10.5 Å². The quantitative estimate of drug-likeness (QED) is 0.662. The van der Waals surface area contributed by atoms with Crippen LogP contribution in [0.2, 0.25) is 0 Å². The largest absolute Gasteiger partial charge is 0.465 e. The summed E-state index contributed by atoms with van der Waals surface area (Å²) in [5.41, 5.74) is 9.46. The molecule has 0 spiro atoms. The number of unbranched alkanes of at least 4 members (excludes halogenated alkanes) is 1. The number of fused-ring (bicyclic) bond motifs is 1. The first kappa shape index (κ1) is 13.6.